The molecular formula is C17H27NO. The molecule has 1 aromatic carbocycles. The van der Waals surface area contributed by atoms with E-state index in [0.29, 0.717) is 17.6 Å². The molecule has 0 radical (unpaired) electrons. The largest absolute Gasteiger partial charge is 0.497 e. The molecule has 0 N–H and O–H groups in total. The Labute approximate surface area is 117 Å². The van der Waals surface area contributed by atoms with E-state index in [-0.39, 0.29) is 0 Å². The van der Waals surface area contributed by atoms with Crippen LogP contribution in [0.15, 0.2) is 24.3 Å². The molecule has 1 aromatic rings. The Morgan fingerprint density at radius 3 is 2.21 bits per heavy atom. The predicted octanol–water partition coefficient (Wildman–Crippen LogP) is 3.75. The van der Waals surface area contributed by atoms with Crippen molar-refractivity contribution in [3.05, 3.63) is 29.8 Å². The summed E-state index contributed by atoms with van der Waals surface area (Å²) in [6.45, 7) is 11.7. The summed E-state index contributed by atoms with van der Waals surface area (Å²) in [4.78, 5) is 2.63. The Hall–Kier alpha value is -1.02. The fourth-order valence-electron chi connectivity index (χ4n) is 3.99. The highest BCUT2D eigenvalue weighted by molar-refractivity contribution is 5.28. The second-order valence-corrected chi connectivity index (χ2v) is 6.55. The van der Waals surface area contributed by atoms with Gasteiger partial charge in [0.2, 0.25) is 0 Å². The van der Waals surface area contributed by atoms with E-state index in [1.807, 2.05) is 0 Å². The molecule has 1 fully saturated rings. The van der Waals surface area contributed by atoms with Gasteiger partial charge in [-0.1, -0.05) is 12.1 Å². The van der Waals surface area contributed by atoms with Gasteiger partial charge in [-0.3, -0.25) is 4.90 Å². The number of benzene rings is 1. The van der Waals surface area contributed by atoms with Gasteiger partial charge in [-0.15, -0.1) is 0 Å². The first-order valence-electron chi connectivity index (χ1n) is 7.29. The number of hydrogen-bond acceptors (Lipinski definition) is 2. The molecule has 2 rings (SSSR count). The van der Waals surface area contributed by atoms with Crippen molar-refractivity contribution < 1.29 is 4.74 Å². The normalized spacial score (nSPS) is 26.3. The Balaban J connectivity index is 2.07. The standard InChI is InChI=1S/C17H27NO/c1-12(2)18-13(3)16(17(18,4)5)11-14-7-9-15(19-6)10-8-14/h7-10,12-13,16H,11H2,1-6H3. The molecule has 0 bridgehead atoms. The molecule has 0 saturated carbocycles. The maximum absolute atomic E-state index is 5.22. The van der Waals surface area contributed by atoms with Gasteiger partial charge in [0.15, 0.2) is 0 Å². The summed E-state index contributed by atoms with van der Waals surface area (Å²) in [5.74, 6) is 1.66. The first kappa shape index (κ1) is 14.4. The van der Waals surface area contributed by atoms with Crippen molar-refractivity contribution in [3.8, 4) is 5.75 Å². The maximum Gasteiger partial charge on any atom is 0.118 e. The third-order valence-corrected chi connectivity index (χ3v) is 4.76. The van der Waals surface area contributed by atoms with E-state index in [9.17, 15) is 0 Å². The molecule has 0 aliphatic carbocycles. The molecule has 1 aliphatic rings. The number of nitrogens with zero attached hydrogens (tertiary/aromatic N) is 1. The van der Waals surface area contributed by atoms with Crippen LogP contribution in [0.25, 0.3) is 0 Å². The lowest BCUT2D eigenvalue weighted by Crippen LogP contribution is -2.71. The van der Waals surface area contributed by atoms with Crippen LogP contribution in [0.5, 0.6) is 5.75 Å². The summed E-state index contributed by atoms with van der Waals surface area (Å²) < 4.78 is 5.22. The van der Waals surface area contributed by atoms with Gasteiger partial charge in [-0.05, 0) is 64.7 Å². The molecule has 0 spiro atoms. The first-order chi connectivity index (χ1) is 8.87. The van der Waals surface area contributed by atoms with Crippen LogP contribution < -0.4 is 4.74 Å². The van der Waals surface area contributed by atoms with Gasteiger partial charge >= 0.3 is 0 Å². The van der Waals surface area contributed by atoms with Crippen LogP contribution >= 0.6 is 0 Å². The summed E-state index contributed by atoms with van der Waals surface area (Å²) in [5, 5.41) is 0. The van der Waals surface area contributed by atoms with Crippen molar-refractivity contribution in [2.75, 3.05) is 7.11 Å². The average molecular weight is 261 g/mol. The predicted molar refractivity (Wildman–Crippen MR) is 80.7 cm³/mol. The molecule has 1 aliphatic heterocycles. The fraction of sp³-hybridized carbons (Fsp3) is 0.647. The molecule has 2 nitrogen and oxygen atoms in total. The first-order valence-corrected chi connectivity index (χ1v) is 7.29. The van der Waals surface area contributed by atoms with E-state index in [1.165, 1.54) is 5.56 Å². The second-order valence-electron chi connectivity index (χ2n) is 6.55. The van der Waals surface area contributed by atoms with Crippen molar-refractivity contribution in [3.63, 3.8) is 0 Å². The molecule has 106 valence electrons. The van der Waals surface area contributed by atoms with Gasteiger partial charge in [0, 0.05) is 17.6 Å². The van der Waals surface area contributed by atoms with Crippen molar-refractivity contribution in [1.29, 1.82) is 0 Å². The lowest BCUT2D eigenvalue weighted by Gasteiger charge is -2.63. The zero-order chi connectivity index (χ0) is 14.2. The van der Waals surface area contributed by atoms with E-state index < -0.39 is 0 Å². The minimum atomic E-state index is 0.299. The molecule has 1 saturated heterocycles. The Kier molecular flexibility index (Phi) is 3.91. The summed E-state index contributed by atoms with van der Waals surface area (Å²) in [6, 6.07) is 9.80. The van der Waals surface area contributed by atoms with Gasteiger partial charge < -0.3 is 4.74 Å². The molecule has 2 heteroatoms. The highest BCUT2D eigenvalue weighted by Gasteiger charge is 2.52. The number of rotatable bonds is 4. The van der Waals surface area contributed by atoms with Crippen LogP contribution in [-0.2, 0) is 6.42 Å². The van der Waals surface area contributed by atoms with Gasteiger partial charge in [-0.25, -0.2) is 0 Å². The maximum atomic E-state index is 5.22. The fourth-order valence-corrected chi connectivity index (χ4v) is 3.99. The topological polar surface area (TPSA) is 12.5 Å². The van der Waals surface area contributed by atoms with Crippen LogP contribution in [0.4, 0.5) is 0 Å². The van der Waals surface area contributed by atoms with E-state index in [4.69, 9.17) is 4.74 Å². The summed E-state index contributed by atoms with van der Waals surface area (Å²) >= 11 is 0. The molecule has 2 atom stereocenters. The number of ether oxygens (including phenoxy) is 1. The lowest BCUT2D eigenvalue weighted by atomic mass is 9.67. The van der Waals surface area contributed by atoms with Gasteiger partial charge in [0.1, 0.15) is 5.75 Å². The molecular weight excluding hydrogens is 234 g/mol. The smallest absolute Gasteiger partial charge is 0.118 e. The third-order valence-electron chi connectivity index (χ3n) is 4.76. The molecule has 1 heterocycles. The number of hydrogen-bond donors (Lipinski definition) is 0. The minimum Gasteiger partial charge on any atom is -0.497 e. The SMILES string of the molecule is COc1ccc(CC2C(C)N(C(C)C)C2(C)C)cc1. The van der Waals surface area contributed by atoms with E-state index in [2.05, 4.69) is 63.8 Å². The molecule has 2 unspecified atom stereocenters. The monoisotopic (exact) mass is 261 g/mol. The van der Waals surface area contributed by atoms with Crippen LogP contribution in [0.3, 0.4) is 0 Å². The average Bonchev–Trinajstić information content (AvgIpc) is 2.35. The summed E-state index contributed by atoms with van der Waals surface area (Å²) in [5.41, 5.74) is 1.71. The van der Waals surface area contributed by atoms with Crippen molar-refractivity contribution in [1.82, 2.24) is 4.90 Å². The van der Waals surface area contributed by atoms with Crippen LogP contribution in [0.2, 0.25) is 0 Å². The minimum absolute atomic E-state index is 0.299. The van der Waals surface area contributed by atoms with E-state index in [0.717, 1.165) is 18.1 Å². The summed E-state index contributed by atoms with van der Waals surface area (Å²) in [6.07, 6.45) is 1.15. The Morgan fingerprint density at radius 1 is 1.21 bits per heavy atom. The Morgan fingerprint density at radius 2 is 1.79 bits per heavy atom. The van der Waals surface area contributed by atoms with Gasteiger partial charge in [0.25, 0.3) is 0 Å². The summed E-state index contributed by atoms with van der Waals surface area (Å²) in [7, 11) is 1.71. The highest BCUT2D eigenvalue weighted by atomic mass is 16.5. The zero-order valence-corrected chi connectivity index (χ0v) is 13.1. The quantitative estimate of drug-likeness (QED) is 0.818. The van der Waals surface area contributed by atoms with Crippen LogP contribution in [0.1, 0.15) is 40.2 Å². The Bertz CT molecular complexity index is 421. The van der Waals surface area contributed by atoms with Crippen molar-refractivity contribution in [2.45, 2.75) is 58.7 Å². The van der Waals surface area contributed by atoms with E-state index in [1.54, 1.807) is 7.11 Å². The van der Waals surface area contributed by atoms with Crippen molar-refractivity contribution >= 4 is 0 Å². The number of likely N-dealkylation sites (tertiary alicyclic amines) is 1. The van der Waals surface area contributed by atoms with Gasteiger partial charge in [-0.2, -0.15) is 0 Å². The third kappa shape index (κ3) is 2.51. The van der Waals surface area contributed by atoms with Crippen LogP contribution in [0, 0.1) is 5.92 Å². The zero-order valence-electron chi connectivity index (χ0n) is 13.1. The highest BCUT2D eigenvalue weighted by Crippen LogP contribution is 2.45. The molecule has 19 heavy (non-hydrogen) atoms. The number of methoxy groups -OCH3 is 1. The van der Waals surface area contributed by atoms with Crippen molar-refractivity contribution in [2.24, 2.45) is 5.92 Å². The van der Waals surface area contributed by atoms with Gasteiger partial charge in [0.05, 0.1) is 7.11 Å². The second kappa shape index (κ2) is 5.16. The molecule has 0 aromatic heterocycles. The molecule has 0 amide bonds. The van der Waals surface area contributed by atoms with Crippen LogP contribution in [-0.4, -0.2) is 29.6 Å². The lowest BCUT2D eigenvalue weighted by molar-refractivity contribution is -0.129. The van der Waals surface area contributed by atoms with E-state index >= 15 is 0 Å².